The quantitative estimate of drug-likeness (QED) is 0.814. The molecule has 6 nitrogen and oxygen atoms in total. The van der Waals surface area contributed by atoms with E-state index in [1.807, 2.05) is 44.2 Å². The fraction of sp³-hybridized carbons (Fsp3) is 0.333. The monoisotopic (exact) mass is 370 g/mol. The molecule has 0 heterocycles. The molecule has 0 atom stereocenters. The maximum absolute atomic E-state index is 12.4. The number of rotatable bonds is 7. The van der Waals surface area contributed by atoms with Gasteiger partial charge in [-0.15, -0.1) is 0 Å². The fourth-order valence-corrected chi connectivity index (χ4v) is 2.77. The van der Waals surface area contributed by atoms with E-state index in [2.05, 4.69) is 5.32 Å². The number of hydrogen-bond donors (Lipinski definition) is 1. The molecule has 0 radical (unpaired) electrons. The van der Waals surface area contributed by atoms with Crippen molar-refractivity contribution in [3.05, 3.63) is 53.1 Å². The first kappa shape index (κ1) is 20.3. The number of benzene rings is 2. The first-order valence-electron chi connectivity index (χ1n) is 8.68. The third-order valence-corrected chi connectivity index (χ3v) is 4.27. The third kappa shape index (κ3) is 5.23. The number of amides is 2. The van der Waals surface area contributed by atoms with Crippen LogP contribution in [0.25, 0.3) is 0 Å². The lowest BCUT2D eigenvalue weighted by molar-refractivity contribution is -0.123. The molecule has 0 aliphatic carbocycles. The lowest BCUT2D eigenvalue weighted by Crippen LogP contribution is -2.40. The minimum atomic E-state index is -0.235. The van der Waals surface area contributed by atoms with Gasteiger partial charge >= 0.3 is 0 Å². The average Bonchev–Trinajstić information content (AvgIpc) is 2.66. The van der Waals surface area contributed by atoms with Crippen LogP contribution in [0.4, 0.5) is 5.69 Å². The molecule has 0 saturated carbocycles. The number of aryl methyl sites for hydroxylation is 2. The topological polar surface area (TPSA) is 67.9 Å². The van der Waals surface area contributed by atoms with Gasteiger partial charge in [0.2, 0.25) is 11.8 Å². The number of carbonyl (C=O) groups is 2. The average molecular weight is 370 g/mol. The number of anilines is 1. The molecular weight excluding hydrogens is 344 g/mol. The summed E-state index contributed by atoms with van der Waals surface area (Å²) in [6, 6.07) is 11.3. The van der Waals surface area contributed by atoms with E-state index in [-0.39, 0.29) is 18.4 Å². The summed E-state index contributed by atoms with van der Waals surface area (Å²) in [6.07, 6.45) is 0. The van der Waals surface area contributed by atoms with Gasteiger partial charge in [-0.3, -0.25) is 9.59 Å². The van der Waals surface area contributed by atoms with E-state index in [0.29, 0.717) is 18.0 Å². The van der Waals surface area contributed by atoms with Crippen molar-refractivity contribution in [3.8, 4) is 11.5 Å². The summed E-state index contributed by atoms with van der Waals surface area (Å²) in [5.41, 5.74) is 3.61. The Bertz CT molecular complexity index is 833. The van der Waals surface area contributed by atoms with E-state index in [0.717, 1.165) is 22.4 Å². The van der Waals surface area contributed by atoms with Gasteiger partial charge in [-0.25, -0.2) is 0 Å². The lowest BCUT2D eigenvalue weighted by atomic mass is 10.1. The highest BCUT2D eigenvalue weighted by atomic mass is 16.5. The van der Waals surface area contributed by atoms with Crippen LogP contribution in [-0.4, -0.2) is 32.6 Å². The minimum Gasteiger partial charge on any atom is -0.493 e. The molecule has 0 bridgehead atoms. The zero-order valence-electron chi connectivity index (χ0n) is 16.5. The van der Waals surface area contributed by atoms with Gasteiger partial charge < -0.3 is 19.7 Å². The number of nitrogens with zero attached hydrogens (tertiary/aromatic N) is 1. The highest BCUT2D eigenvalue weighted by Gasteiger charge is 2.18. The molecule has 0 saturated heterocycles. The Balaban J connectivity index is 2.07. The molecule has 6 heteroatoms. The molecule has 1 N–H and O–H groups in total. The van der Waals surface area contributed by atoms with Gasteiger partial charge in [0.1, 0.15) is 6.54 Å². The first-order chi connectivity index (χ1) is 12.8. The van der Waals surface area contributed by atoms with Crippen LogP contribution in [0, 0.1) is 13.8 Å². The third-order valence-electron chi connectivity index (χ3n) is 4.27. The Morgan fingerprint density at radius 2 is 1.70 bits per heavy atom. The molecule has 0 aliphatic heterocycles. The van der Waals surface area contributed by atoms with Crippen molar-refractivity contribution in [2.24, 2.45) is 0 Å². The molecule has 2 aromatic rings. The van der Waals surface area contributed by atoms with E-state index in [1.165, 1.54) is 11.8 Å². The van der Waals surface area contributed by atoms with Crippen LogP contribution in [-0.2, 0) is 16.1 Å². The highest BCUT2D eigenvalue weighted by Crippen LogP contribution is 2.27. The zero-order chi connectivity index (χ0) is 20.0. The number of nitrogens with one attached hydrogen (secondary N) is 1. The van der Waals surface area contributed by atoms with Crippen LogP contribution >= 0.6 is 0 Å². The van der Waals surface area contributed by atoms with E-state index in [1.54, 1.807) is 20.3 Å². The second-order valence-corrected chi connectivity index (χ2v) is 6.36. The van der Waals surface area contributed by atoms with Gasteiger partial charge in [-0.1, -0.05) is 18.2 Å². The normalized spacial score (nSPS) is 10.3. The summed E-state index contributed by atoms with van der Waals surface area (Å²) >= 11 is 0. The summed E-state index contributed by atoms with van der Waals surface area (Å²) in [5, 5.41) is 2.85. The zero-order valence-corrected chi connectivity index (χ0v) is 16.5. The van der Waals surface area contributed by atoms with Crippen molar-refractivity contribution in [1.82, 2.24) is 5.32 Å². The molecule has 0 aromatic heterocycles. The molecule has 0 unspecified atom stereocenters. The van der Waals surface area contributed by atoms with Crippen LogP contribution in [0.3, 0.4) is 0 Å². The van der Waals surface area contributed by atoms with Gasteiger partial charge in [-0.05, 0) is 48.7 Å². The van der Waals surface area contributed by atoms with Crippen LogP contribution in [0.2, 0.25) is 0 Å². The number of methoxy groups -OCH3 is 2. The van der Waals surface area contributed by atoms with Crippen molar-refractivity contribution in [3.63, 3.8) is 0 Å². The number of carbonyl (C=O) groups excluding carboxylic acids is 2. The molecule has 2 rings (SSSR count). The Kier molecular flexibility index (Phi) is 6.82. The Morgan fingerprint density at radius 3 is 2.33 bits per heavy atom. The van der Waals surface area contributed by atoms with E-state index >= 15 is 0 Å². The van der Waals surface area contributed by atoms with Crippen molar-refractivity contribution in [2.75, 3.05) is 25.7 Å². The summed E-state index contributed by atoms with van der Waals surface area (Å²) in [4.78, 5) is 26.0. The van der Waals surface area contributed by atoms with Gasteiger partial charge in [0.15, 0.2) is 11.5 Å². The second kappa shape index (κ2) is 9.07. The van der Waals surface area contributed by atoms with Crippen molar-refractivity contribution < 1.29 is 19.1 Å². The molecule has 27 heavy (non-hydrogen) atoms. The molecular formula is C21H26N2O4. The number of ether oxygens (including phenoxy) is 2. The molecule has 0 fully saturated rings. The maximum Gasteiger partial charge on any atom is 0.240 e. The van der Waals surface area contributed by atoms with Crippen molar-refractivity contribution in [1.29, 1.82) is 0 Å². The van der Waals surface area contributed by atoms with Crippen LogP contribution in [0.15, 0.2) is 36.4 Å². The van der Waals surface area contributed by atoms with E-state index in [9.17, 15) is 9.59 Å². The molecule has 144 valence electrons. The summed E-state index contributed by atoms with van der Waals surface area (Å²) in [5.74, 6) is 0.820. The standard InChI is InChI=1S/C21H26N2O4/c1-14-6-7-15(2)18(10-14)23(16(3)24)13-21(25)22-12-17-8-9-19(26-4)20(11-17)27-5/h6-11H,12-13H2,1-5H3,(H,22,25). The predicted octanol–water partition coefficient (Wildman–Crippen LogP) is 2.99. The van der Waals surface area contributed by atoms with Crippen molar-refractivity contribution >= 4 is 17.5 Å². The van der Waals surface area contributed by atoms with Crippen LogP contribution in [0.5, 0.6) is 11.5 Å². The summed E-state index contributed by atoms with van der Waals surface area (Å²) in [6.45, 7) is 5.64. The summed E-state index contributed by atoms with van der Waals surface area (Å²) in [7, 11) is 3.14. The predicted molar refractivity (Wildman–Crippen MR) is 105 cm³/mol. The smallest absolute Gasteiger partial charge is 0.240 e. The van der Waals surface area contributed by atoms with Gasteiger partial charge in [0.25, 0.3) is 0 Å². The maximum atomic E-state index is 12.4. The Morgan fingerprint density at radius 1 is 1.00 bits per heavy atom. The SMILES string of the molecule is COc1ccc(CNC(=O)CN(C(C)=O)c2cc(C)ccc2C)cc1OC. The molecule has 0 aliphatic rings. The second-order valence-electron chi connectivity index (χ2n) is 6.36. The van der Waals surface area contributed by atoms with Crippen LogP contribution < -0.4 is 19.7 Å². The van der Waals surface area contributed by atoms with Crippen molar-refractivity contribution in [2.45, 2.75) is 27.3 Å². The Labute approximate surface area is 160 Å². The van der Waals surface area contributed by atoms with Gasteiger partial charge in [-0.2, -0.15) is 0 Å². The number of hydrogen-bond acceptors (Lipinski definition) is 4. The largest absolute Gasteiger partial charge is 0.493 e. The highest BCUT2D eigenvalue weighted by molar-refractivity contribution is 5.98. The van der Waals surface area contributed by atoms with E-state index < -0.39 is 0 Å². The van der Waals surface area contributed by atoms with Gasteiger partial charge in [0.05, 0.1) is 14.2 Å². The lowest BCUT2D eigenvalue weighted by Gasteiger charge is -2.23. The van der Waals surface area contributed by atoms with Gasteiger partial charge in [0, 0.05) is 19.2 Å². The first-order valence-corrected chi connectivity index (χ1v) is 8.68. The molecule has 2 amide bonds. The molecule has 0 spiro atoms. The minimum absolute atomic E-state index is 0.0348. The Hall–Kier alpha value is -3.02. The van der Waals surface area contributed by atoms with E-state index in [4.69, 9.17) is 9.47 Å². The van der Waals surface area contributed by atoms with Crippen LogP contribution in [0.1, 0.15) is 23.6 Å². The molecule has 2 aromatic carbocycles. The summed E-state index contributed by atoms with van der Waals surface area (Å²) < 4.78 is 10.5. The fourth-order valence-electron chi connectivity index (χ4n) is 2.77.